The summed E-state index contributed by atoms with van der Waals surface area (Å²) >= 11 is 0. The highest BCUT2D eigenvalue weighted by molar-refractivity contribution is 7.46. The summed E-state index contributed by atoms with van der Waals surface area (Å²) in [7, 11) is -0.987. The van der Waals surface area contributed by atoms with Crippen molar-refractivity contribution in [3.8, 4) is 6.07 Å². The molecule has 0 aromatic carbocycles. The Morgan fingerprint density at radius 3 is 2.45 bits per heavy atom. The van der Waals surface area contributed by atoms with Gasteiger partial charge in [-0.25, -0.2) is 0 Å². The molecule has 126 valence electrons. The van der Waals surface area contributed by atoms with Crippen molar-refractivity contribution in [3.63, 3.8) is 0 Å². The Morgan fingerprint density at radius 1 is 1.27 bits per heavy atom. The maximum absolute atomic E-state index is 8.62. The molecule has 0 radical (unpaired) electrons. The first kappa shape index (κ1) is 18.1. The van der Waals surface area contributed by atoms with Crippen LogP contribution in [0, 0.1) is 28.1 Å². The second-order valence-corrected chi connectivity index (χ2v) is 8.99. The molecule has 5 atom stereocenters. The maximum atomic E-state index is 8.62. The van der Waals surface area contributed by atoms with Crippen molar-refractivity contribution in [1.29, 1.82) is 5.26 Å². The van der Waals surface area contributed by atoms with E-state index in [9.17, 15) is 0 Å². The van der Waals surface area contributed by atoms with E-state index in [2.05, 4.69) is 47.6 Å². The molecule has 2 rings (SSSR count). The maximum Gasteiger partial charge on any atom is 0.167 e. The minimum atomic E-state index is -0.987. The van der Waals surface area contributed by atoms with Gasteiger partial charge in [-0.15, -0.1) is 0 Å². The lowest BCUT2D eigenvalue weighted by Gasteiger charge is -2.52. The van der Waals surface area contributed by atoms with Crippen molar-refractivity contribution in [2.45, 2.75) is 72.2 Å². The van der Waals surface area contributed by atoms with Gasteiger partial charge in [0.25, 0.3) is 0 Å². The first-order chi connectivity index (χ1) is 10.2. The zero-order chi connectivity index (χ0) is 16.8. The van der Waals surface area contributed by atoms with E-state index < -0.39 is 8.38 Å². The van der Waals surface area contributed by atoms with Crippen LogP contribution in [0.2, 0.25) is 0 Å². The molecule has 0 aromatic heterocycles. The van der Waals surface area contributed by atoms with Crippen molar-refractivity contribution in [2.75, 3.05) is 13.3 Å². The van der Waals surface area contributed by atoms with Crippen LogP contribution in [-0.4, -0.2) is 31.1 Å². The van der Waals surface area contributed by atoms with E-state index in [1.165, 1.54) is 0 Å². The van der Waals surface area contributed by atoms with Crippen molar-refractivity contribution >= 4 is 8.38 Å². The molecule has 1 unspecified atom stereocenters. The molecule has 1 saturated heterocycles. The highest BCUT2D eigenvalue weighted by Gasteiger charge is 2.75. The third kappa shape index (κ3) is 2.33. The Morgan fingerprint density at radius 2 is 1.91 bits per heavy atom. The smallest absolute Gasteiger partial charge is 0.167 e. The standard InChI is InChI=1S/C17H30NO3P/c1-8-17-14(21-22(7)19-11-9-10-18)13(12(2)20-17)15(3,4)16(17,5)6/h12-14H,8-9,11H2,1-7H3/t12-,13-,14-,17+,22?/m0/s1. The van der Waals surface area contributed by atoms with E-state index in [1.54, 1.807) is 0 Å². The summed E-state index contributed by atoms with van der Waals surface area (Å²) in [5.41, 5.74) is -0.0661. The van der Waals surface area contributed by atoms with Gasteiger partial charge >= 0.3 is 0 Å². The lowest BCUT2D eigenvalue weighted by molar-refractivity contribution is -0.193. The average molecular weight is 327 g/mol. The van der Waals surface area contributed by atoms with Crippen LogP contribution in [0.5, 0.6) is 0 Å². The van der Waals surface area contributed by atoms with Crippen LogP contribution >= 0.6 is 8.38 Å². The molecule has 4 nitrogen and oxygen atoms in total. The zero-order valence-electron chi connectivity index (χ0n) is 15.0. The fourth-order valence-electron chi connectivity index (χ4n) is 4.73. The molecular formula is C17H30NO3P. The average Bonchev–Trinajstić information content (AvgIpc) is 2.77. The van der Waals surface area contributed by atoms with Crippen LogP contribution in [0.4, 0.5) is 0 Å². The fraction of sp³-hybridized carbons (Fsp3) is 0.941. The SMILES string of the molecule is CC[C@@]12O[C@@H](C)[C@@H]([C@@H]1OP(C)OCCC#N)C(C)(C)C2(C)C. The van der Waals surface area contributed by atoms with Gasteiger partial charge in [-0.2, -0.15) is 5.26 Å². The monoisotopic (exact) mass is 327 g/mol. The molecule has 0 amide bonds. The van der Waals surface area contributed by atoms with Crippen molar-refractivity contribution in [3.05, 3.63) is 0 Å². The van der Waals surface area contributed by atoms with Crippen LogP contribution < -0.4 is 0 Å². The third-order valence-corrected chi connectivity index (χ3v) is 7.53. The molecule has 22 heavy (non-hydrogen) atoms. The van der Waals surface area contributed by atoms with Gasteiger partial charge in [-0.05, 0) is 18.8 Å². The van der Waals surface area contributed by atoms with Gasteiger partial charge in [-0.3, -0.25) is 0 Å². The van der Waals surface area contributed by atoms with E-state index in [-0.39, 0.29) is 28.6 Å². The Kier molecular flexibility index (Phi) is 4.97. The Balaban J connectivity index is 2.22. The molecule has 2 bridgehead atoms. The summed E-state index contributed by atoms with van der Waals surface area (Å²) in [5.74, 6) is 0.368. The molecule has 1 saturated carbocycles. The first-order valence-electron chi connectivity index (χ1n) is 8.24. The van der Waals surface area contributed by atoms with Gasteiger partial charge in [0, 0.05) is 18.0 Å². The summed E-state index contributed by atoms with van der Waals surface area (Å²) in [6, 6.07) is 2.10. The van der Waals surface area contributed by atoms with E-state index in [0.717, 1.165) is 6.42 Å². The van der Waals surface area contributed by atoms with Crippen LogP contribution in [0.25, 0.3) is 0 Å². The van der Waals surface area contributed by atoms with E-state index >= 15 is 0 Å². The molecule has 5 heteroatoms. The quantitative estimate of drug-likeness (QED) is 0.532. The van der Waals surface area contributed by atoms with Crippen molar-refractivity contribution in [2.24, 2.45) is 16.7 Å². The highest BCUT2D eigenvalue weighted by Crippen LogP contribution is 2.71. The van der Waals surface area contributed by atoms with Gasteiger partial charge in [0.2, 0.25) is 0 Å². The number of hydrogen-bond acceptors (Lipinski definition) is 4. The number of ether oxygens (including phenoxy) is 1. The van der Waals surface area contributed by atoms with Gasteiger partial charge in [0.15, 0.2) is 8.38 Å². The van der Waals surface area contributed by atoms with E-state index in [1.807, 2.05) is 6.66 Å². The predicted octanol–water partition coefficient (Wildman–Crippen LogP) is 4.49. The summed E-state index contributed by atoms with van der Waals surface area (Å²) in [5, 5.41) is 8.62. The third-order valence-electron chi connectivity index (χ3n) is 6.46. The summed E-state index contributed by atoms with van der Waals surface area (Å²) in [4.78, 5) is 0. The highest BCUT2D eigenvalue weighted by atomic mass is 31.2. The van der Waals surface area contributed by atoms with Crippen LogP contribution in [0.3, 0.4) is 0 Å². The Hall–Kier alpha value is -0.200. The number of hydrogen-bond donors (Lipinski definition) is 0. The number of nitriles is 1. The molecular weight excluding hydrogens is 297 g/mol. The van der Waals surface area contributed by atoms with E-state index in [0.29, 0.717) is 18.9 Å². The van der Waals surface area contributed by atoms with Crippen molar-refractivity contribution < 1.29 is 13.8 Å². The summed E-state index contributed by atoms with van der Waals surface area (Å²) in [6.07, 6.45) is 1.62. The fourth-order valence-corrected chi connectivity index (χ4v) is 5.76. The number of nitrogens with zero attached hydrogens (tertiary/aromatic N) is 1. The lowest BCUT2D eigenvalue weighted by atomic mass is 9.60. The molecule has 1 aliphatic carbocycles. The first-order valence-corrected chi connectivity index (χ1v) is 9.86. The van der Waals surface area contributed by atoms with Gasteiger partial charge in [0.1, 0.15) is 5.60 Å². The van der Waals surface area contributed by atoms with Crippen LogP contribution in [-0.2, 0) is 13.8 Å². The zero-order valence-corrected chi connectivity index (χ0v) is 15.9. The van der Waals surface area contributed by atoms with Crippen LogP contribution in [0.1, 0.15) is 54.4 Å². The molecule has 1 aliphatic heterocycles. The summed E-state index contributed by atoms with van der Waals surface area (Å²) < 4.78 is 18.5. The molecule has 2 aliphatic rings. The minimum Gasteiger partial charge on any atom is -0.368 e. The Labute approximate surface area is 136 Å². The molecule has 2 fully saturated rings. The summed E-state index contributed by atoms with van der Waals surface area (Å²) in [6.45, 7) is 16.1. The largest absolute Gasteiger partial charge is 0.368 e. The molecule has 1 heterocycles. The number of fused-ring (bicyclic) bond motifs is 2. The number of rotatable bonds is 6. The predicted molar refractivity (Wildman–Crippen MR) is 88.5 cm³/mol. The van der Waals surface area contributed by atoms with Gasteiger partial charge in [0.05, 0.1) is 31.3 Å². The molecule has 0 aromatic rings. The van der Waals surface area contributed by atoms with Gasteiger partial charge < -0.3 is 13.8 Å². The molecule has 0 N–H and O–H groups in total. The van der Waals surface area contributed by atoms with E-state index in [4.69, 9.17) is 19.0 Å². The second kappa shape index (κ2) is 6.02. The Bertz CT molecular complexity index is 459. The van der Waals surface area contributed by atoms with Crippen molar-refractivity contribution in [1.82, 2.24) is 0 Å². The second-order valence-electron chi connectivity index (χ2n) is 7.65. The topological polar surface area (TPSA) is 51.5 Å². The normalized spacial score (nSPS) is 39.6. The van der Waals surface area contributed by atoms with Crippen LogP contribution in [0.15, 0.2) is 0 Å². The minimum absolute atomic E-state index is 0.0411. The van der Waals surface area contributed by atoms with Gasteiger partial charge in [-0.1, -0.05) is 34.6 Å². The molecule has 0 spiro atoms. The lowest BCUT2D eigenvalue weighted by Crippen LogP contribution is -2.54.